The predicted molar refractivity (Wildman–Crippen MR) is 260 cm³/mol. The lowest BCUT2D eigenvalue weighted by Gasteiger charge is -2.14. The lowest BCUT2D eigenvalue weighted by molar-refractivity contribution is 0.0694. The smallest absolute Gasteiger partial charge is 0.339 e. The molecule has 69 heavy (non-hydrogen) atoms. The van der Waals surface area contributed by atoms with E-state index in [1.54, 1.807) is 30.6 Å². The van der Waals surface area contributed by atoms with Crippen molar-refractivity contribution >= 4 is 45.7 Å². The van der Waals surface area contributed by atoms with Gasteiger partial charge in [0.25, 0.3) is 5.91 Å². The molecule has 360 valence electrons. The van der Waals surface area contributed by atoms with Crippen LogP contribution in [0.5, 0.6) is 0 Å². The summed E-state index contributed by atoms with van der Waals surface area (Å²) in [6, 6.07) is 14.8. The quantitative estimate of drug-likeness (QED) is 0.0606. The van der Waals surface area contributed by atoms with Crippen molar-refractivity contribution in [1.82, 2.24) is 39.5 Å². The van der Waals surface area contributed by atoms with Gasteiger partial charge in [-0.25, -0.2) is 52.9 Å². The lowest BCUT2D eigenvalue weighted by Crippen LogP contribution is -2.17. The van der Waals surface area contributed by atoms with Gasteiger partial charge in [0.1, 0.15) is 42.3 Å². The van der Waals surface area contributed by atoms with Crippen molar-refractivity contribution in [1.29, 1.82) is 0 Å². The summed E-state index contributed by atoms with van der Waals surface area (Å²) in [7, 11) is 0. The molecule has 3 aromatic carbocycles. The van der Waals surface area contributed by atoms with Crippen molar-refractivity contribution in [2.75, 3.05) is 21.7 Å². The maximum Gasteiger partial charge on any atom is 0.339 e. The Morgan fingerprint density at radius 1 is 0.652 bits per heavy atom. The predicted octanol–water partition coefficient (Wildman–Crippen LogP) is 10.4. The van der Waals surface area contributed by atoms with E-state index in [0.29, 0.717) is 59.3 Å². The number of nitrogens with two attached hydrogens (primary N) is 1. The standard InChI is InChI=1S/C17H19FN4O.C17H17FN4.C9H11FN2.C8H10N2O2/c1-2-3-14-13(9-19-10-20-14)17(23)22-15-7-4-11(18)8-16(15)21-12-5-6-12;1-2-3-14-13(9-19-10-20-14)17-21-15-7-4-11(18)8-16(15)22(17)12-5-6-12;10-6-1-4-8(11)9(5-6)12-7-2-3-7;1-2-3-7-6(8(11)12)4-9-5-10-7/h4,7-10,12,21H,2-3,5-6H2,1H3,(H,22,23);4,7-10,12H,2-3,5-6H2,1H3;1,4-5,7,12H,2-3,11H2;4-5H,2-3H2,1H3,(H,11,12). The Hall–Kier alpha value is -7.50. The van der Waals surface area contributed by atoms with Gasteiger partial charge < -0.3 is 31.4 Å². The monoisotopic (exact) mass is 942 g/mol. The van der Waals surface area contributed by atoms with Crippen molar-refractivity contribution in [2.45, 2.75) is 116 Å². The molecule has 0 atom stereocenters. The lowest BCUT2D eigenvalue weighted by atomic mass is 10.1. The van der Waals surface area contributed by atoms with Gasteiger partial charge in [-0.1, -0.05) is 40.0 Å². The SMILES string of the molecule is CCCc1ncncc1-c1nc2ccc(F)cc2n1C1CC1.CCCc1ncncc1C(=O)Nc1ccc(F)cc1NC1CC1.CCCc1ncncc1C(=O)O.Nc1ccc(F)cc1NC1CC1. The summed E-state index contributed by atoms with van der Waals surface area (Å²) in [5.41, 5.74) is 13.8. The molecule has 4 heterocycles. The molecule has 0 aliphatic heterocycles. The summed E-state index contributed by atoms with van der Waals surface area (Å²) in [4.78, 5) is 52.2. The Morgan fingerprint density at radius 3 is 1.78 bits per heavy atom. The number of carboxylic acid groups (broad SMARTS) is 1. The van der Waals surface area contributed by atoms with Crippen LogP contribution in [0, 0.1) is 17.5 Å². The summed E-state index contributed by atoms with van der Waals surface area (Å²) >= 11 is 0. The van der Waals surface area contributed by atoms with E-state index in [1.165, 1.54) is 55.4 Å². The number of carbonyl (C=O) groups excluding carboxylic acids is 1. The zero-order chi connectivity index (χ0) is 48.9. The Bertz CT molecular complexity index is 2870. The van der Waals surface area contributed by atoms with Gasteiger partial charge in [0.2, 0.25) is 0 Å². The molecule has 15 nitrogen and oxygen atoms in total. The summed E-state index contributed by atoms with van der Waals surface area (Å²) in [6.07, 6.45) is 20.8. The Labute approximate surface area is 398 Å². The molecule has 0 radical (unpaired) electrons. The third kappa shape index (κ3) is 13.8. The van der Waals surface area contributed by atoms with E-state index in [-0.39, 0.29) is 28.9 Å². The van der Waals surface area contributed by atoms with Crippen LogP contribution >= 0.6 is 0 Å². The summed E-state index contributed by atoms with van der Waals surface area (Å²) in [6.45, 7) is 6.14. The van der Waals surface area contributed by atoms with Crippen LogP contribution < -0.4 is 21.7 Å². The highest BCUT2D eigenvalue weighted by molar-refractivity contribution is 6.06. The fraction of sp³-hybridized carbons (Fsp3) is 0.353. The minimum absolute atomic E-state index is 0.208. The number of carboxylic acids is 1. The number of benzene rings is 3. The van der Waals surface area contributed by atoms with Crippen LogP contribution in [0.15, 0.2) is 92.2 Å². The molecule has 3 aliphatic rings. The van der Waals surface area contributed by atoms with Gasteiger partial charge in [0.05, 0.1) is 67.6 Å². The summed E-state index contributed by atoms with van der Waals surface area (Å²) in [5, 5.41) is 17.9. The Morgan fingerprint density at radius 2 is 1.17 bits per heavy atom. The van der Waals surface area contributed by atoms with Gasteiger partial charge in [-0.2, -0.15) is 0 Å². The zero-order valence-electron chi connectivity index (χ0n) is 38.9. The number of rotatable bonds is 15. The van der Waals surface area contributed by atoms with Crippen LogP contribution in [0.1, 0.15) is 122 Å². The Balaban J connectivity index is 0.000000142. The number of fused-ring (bicyclic) bond motifs is 1. The highest BCUT2D eigenvalue weighted by atomic mass is 19.1. The minimum atomic E-state index is -0.959. The van der Waals surface area contributed by atoms with Gasteiger partial charge in [-0.15, -0.1) is 0 Å². The van der Waals surface area contributed by atoms with Crippen LogP contribution in [-0.4, -0.2) is 68.5 Å². The summed E-state index contributed by atoms with van der Waals surface area (Å²) < 4.78 is 42.0. The van der Waals surface area contributed by atoms with Crippen molar-refractivity contribution in [3.63, 3.8) is 0 Å². The first kappa shape index (κ1) is 49.4. The number of imidazole rings is 1. The fourth-order valence-corrected chi connectivity index (χ4v) is 7.37. The van der Waals surface area contributed by atoms with E-state index in [0.717, 1.165) is 104 Å². The number of anilines is 4. The molecular weight excluding hydrogens is 886 g/mol. The van der Waals surface area contributed by atoms with Crippen LogP contribution in [0.2, 0.25) is 0 Å². The maximum absolute atomic E-state index is 13.6. The number of carbonyl (C=O) groups is 2. The third-order valence-corrected chi connectivity index (χ3v) is 11.2. The van der Waals surface area contributed by atoms with E-state index in [9.17, 15) is 22.8 Å². The molecule has 3 saturated carbocycles. The van der Waals surface area contributed by atoms with Gasteiger partial charge in [-0.3, -0.25) is 4.79 Å². The number of nitrogens with zero attached hydrogens (tertiary/aromatic N) is 8. The van der Waals surface area contributed by atoms with Crippen LogP contribution in [0.4, 0.5) is 35.9 Å². The van der Waals surface area contributed by atoms with E-state index < -0.39 is 5.97 Å². The van der Waals surface area contributed by atoms with E-state index in [4.69, 9.17) is 15.8 Å². The number of amides is 1. The molecule has 3 aliphatic carbocycles. The molecule has 7 aromatic rings. The number of nitrogen functional groups attached to an aromatic ring is 1. The first-order valence-corrected chi connectivity index (χ1v) is 23.4. The van der Waals surface area contributed by atoms with Gasteiger partial charge in [0, 0.05) is 36.7 Å². The van der Waals surface area contributed by atoms with Crippen molar-refractivity contribution in [2.24, 2.45) is 0 Å². The van der Waals surface area contributed by atoms with Gasteiger partial charge >= 0.3 is 5.97 Å². The molecule has 6 N–H and O–H groups in total. The largest absolute Gasteiger partial charge is 0.478 e. The van der Waals surface area contributed by atoms with E-state index >= 15 is 0 Å². The molecule has 0 saturated heterocycles. The van der Waals surface area contributed by atoms with E-state index in [1.807, 2.05) is 20.0 Å². The minimum Gasteiger partial charge on any atom is -0.478 e. The normalized spacial score (nSPS) is 13.7. The highest BCUT2D eigenvalue weighted by Crippen LogP contribution is 2.42. The van der Waals surface area contributed by atoms with Gasteiger partial charge in [0.15, 0.2) is 0 Å². The van der Waals surface area contributed by atoms with Crippen molar-refractivity contribution in [3.8, 4) is 11.4 Å². The Kier molecular flexibility index (Phi) is 16.8. The third-order valence-electron chi connectivity index (χ3n) is 11.2. The number of aryl methyl sites for hydroxylation is 3. The van der Waals surface area contributed by atoms with Crippen LogP contribution in [0.3, 0.4) is 0 Å². The molecule has 10 rings (SSSR count). The molecule has 18 heteroatoms. The van der Waals surface area contributed by atoms with Crippen molar-refractivity contribution < 1.29 is 27.9 Å². The van der Waals surface area contributed by atoms with Gasteiger partial charge in [-0.05, 0) is 112 Å². The average Bonchev–Trinajstić information content (AvgIpc) is 4.23. The fourth-order valence-electron chi connectivity index (χ4n) is 7.37. The molecule has 3 fully saturated rings. The zero-order valence-corrected chi connectivity index (χ0v) is 38.9. The van der Waals surface area contributed by atoms with Crippen LogP contribution in [-0.2, 0) is 19.3 Å². The number of aromatic nitrogens is 8. The number of halogens is 3. The molecule has 0 bridgehead atoms. The number of nitrogens with one attached hydrogen (secondary N) is 3. The first-order chi connectivity index (χ1) is 33.5. The van der Waals surface area contributed by atoms with E-state index in [2.05, 4.69) is 57.3 Å². The molecule has 4 aromatic heterocycles. The highest BCUT2D eigenvalue weighted by Gasteiger charge is 2.30. The number of hydrogen-bond acceptors (Lipinski definition) is 12. The van der Waals surface area contributed by atoms with Crippen molar-refractivity contribution in [3.05, 3.63) is 138 Å². The number of hydrogen-bond donors (Lipinski definition) is 5. The maximum atomic E-state index is 13.6. The topological polar surface area (TPSA) is 212 Å². The first-order valence-electron chi connectivity index (χ1n) is 23.4. The molecular formula is C51H57F3N12O3. The second-order valence-electron chi connectivity index (χ2n) is 17.1. The molecule has 0 spiro atoms. The average molecular weight is 943 g/mol. The molecule has 1 amide bonds. The number of aromatic carboxylic acids is 1. The summed E-state index contributed by atoms with van der Waals surface area (Å²) in [5.74, 6) is -1.17. The molecule has 0 unspecified atom stereocenters. The second kappa shape index (κ2) is 23.5. The second-order valence-corrected chi connectivity index (χ2v) is 17.1. The van der Waals surface area contributed by atoms with Crippen LogP contribution in [0.25, 0.3) is 22.4 Å².